The fourth-order valence-electron chi connectivity index (χ4n) is 1.95. The van der Waals surface area contributed by atoms with E-state index in [1.54, 1.807) is 12.1 Å². The zero-order valence-corrected chi connectivity index (χ0v) is 13.1. The van der Waals surface area contributed by atoms with Gasteiger partial charge < -0.3 is 15.2 Å². The van der Waals surface area contributed by atoms with Crippen molar-refractivity contribution in [3.8, 4) is 5.75 Å². The lowest BCUT2D eigenvalue weighted by atomic mass is 10.1. The quantitative estimate of drug-likeness (QED) is 0.645. The molecule has 0 heterocycles. The van der Waals surface area contributed by atoms with Crippen LogP contribution in [0.1, 0.15) is 39.2 Å². The molecule has 0 saturated carbocycles. The number of hydrogen-bond acceptors (Lipinski definition) is 3. The minimum absolute atomic E-state index is 0.332. The van der Waals surface area contributed by atoms with Gasteiger partial charge in [0.1, 0.15) is 5.75 Å². The van der Waals surface area contributed by atoms with Crippen LogP contribution in [-0.4, -0.2) is 30.9 Å². The molecule has 0 spiro atoms. The Morgan fingerprint density at radius 1 is 1.05 bits per heavy atom. The molecule has 1 atom stereocenters. The number of aromatic hydroxyl groups is 1. The Balaban J connectivity index is 2.03. The van der Waals surface area contributed by atoms with Gasteiger partial charge in [-0.15, -0.1) is 0 Å². The molecule has 1 unspecified atom stereocenters. The predicted molar refractivity (Wildman–Crippen MR) is 84.2 cm³/mol. The summed E-state index contributed by atoms with van der Waals surface area (Å²) in [6.45, 7) is 9.20. The Hall–Kier alpha value is -1.06. The summed E-state index contributed by atoms with van der Waals surface area (Å²) in [5.74, 6) is 1.05. The minimum Gasteiger partial charge on any atom is -0.508 e. The van der Waals surface area contributed by atoms with Gasteiger partial charge in [0, 0.05) is 19.2 Å². The van der Waals surface area contributed by atoms with Gasteiger partial charge in [-0.05, 0) is 49.8 Å². The second kappa shape index (κ2) is 9.78. The number of hydrogen-bond donors (Lipinski definition) is 2. The molecule has 1 aromatic rings. The summed E-state index contributed by atoms with van der Waals surface area (Å²) < 4.78 is 5.58. The molecule has 3 heteroatoms. The standard InChI is InChI=1S/C17H29NO2/c1-14(2)10-12-20-13-11-18-15(3)4-5-16-6-8-17(19)9-7-16/h6-9,14-15,18-19H,4-5,10-13H2,1-3H3. The lowest BCUT2D eigenvalue weighted by Crippen LogP contribution is -2.30. The summed E-state index contributed by atoms with van der Waals surface area (Å²) in [5, 5.41) is 12.7. The summed E-state index contributed by atoms with van der Waals surface area (Å²) in [7, 11) is 0. The van der Waals surface area contributed by atoms with Crippen LogP contribution in [0.25, 0.3) is 0 Å². The van der Waals surface area contributed by atoms with Crippen LogP contribution in [0.2, 0.25) is 0 Å². The first-order valence-electron chi connectivity index (χ1n) is 7.67. The Morgan fingerprint density at radius 3 is 2.40 bits per heavy atom. The minimum atomic E-state index is 0.332. The lowest BCUT2D eigenvalue weighted by molar-refractivity contribution is 0.123. The van der Waals surface area contributed by atoms with E-state index < -0.39 is 0 Å². The zero-order valence-electron chi connectivity index (χ0n) is 13.1. The van der Waals surface area contributed by atoms with E-state index in [2.05, 4.69) is 26.1 Å². The topological polar surface area (TPSA) is 41.5 Å². The Bertz CT molecular complexity index is 349. The highest BCUT2D eigenvalue weighted by Crippen LogP contribution is 2.11. The van der Waals surface area contributed by atoms with E-state index in [9.17, 15) is 5.11 Å². The molecule has 0 saturated heterocycles. The van der Waals surface area contributed by atoms with Crippen LogP contribution in [0.4, 0.5) is 0 Å². The van der Waals surface area contributed by atoms with Crippen molar-refractivity contribution in [1.82, 2.24) is 5.32 Å². The number of nitrogens with one attached hydrogen (secondary N) is 1. The third-order valence-electron chi connectivity index (χ3n) is 3.38. The number of benzene rings is 1. The van der Waals surface area contributed by atoms with Gasteiger partial charge in [0.2, 0.25) is 0 Å². The third-order valence-corrected chi connectivity index (χ3v) is 3.38. The largest absolute Gasteiger partial charge is 0.508 e. The summed E-state index contributed by atoms with van der Waals surface area (Å²) in [5.41, 5.74) is 1.27. The maximum atomic E-state index is 9.23. The summed E-state index contributed by atoms with van der Waals surface area (Å²) >= 11 is 0. The van der Waals surface area contributed by atoms with E-state index in [-0.39, 0.29) is 0 Å². The van der Waals surface area contributed by atoms with Crippen LogP contribution in [0.5, 0.6) is 5.75 Å². The van der Waals surface area contributed by atoms with Gasteiger partial charge in [0.05, 0.1) is 6.61 Å². The molecule has 0 aliphatic heterocycles. The monoisotopic (exact) mass is 279 g/mol. The molecule has 114 valence electrons. The van der Waals surface area contributed by atoms with Gasteiger partial charge in [0.15, 0.2) is 0 Å². The molecule has 3 nitrogen and oxygen atoms in total. The third kappa shape index (κ3) is 8.18. The summed E-state index contributed by atoms with van der Waals surface area (Å²) in [6, 6.07) is 7.94. The molecular formula is C17H29NO2. The fourth-order valence-corrected chi connectivity index (χ4v) is 1.95. The van der Waals surface area contributed by atoms with Crippen molar-refractivity contribution in [2.45, 2.75) is 46.1 Å². The van der Waals surface area contributed by atoms with Crippen molar-refractivity contribution < 1.29 is 9.84 Å². The maximum absolute atomic E-state index is 9.23. The molecule has 1 aromatic carbocycles. The second-order valence-electron chi connectivity index (χ2n) is 5.86. The molecule has 0 aliphatic carbocycles. The van der Waals surface area contributed by atoms with E-state index in [4.69, 9.17) is 4.74 Å². The Labute approximate surface area is 123 Å². The smallest absolute Gasteiger partial charge is 0.115 e. The molecular weight excluding hydrogens is 250 g/mol. The van der Waals surface area contributed by atoms with Crippen LogP contribution < -0.4 is 5.32 Å². The molecule has 0 aliphatic rings. The van der Waals surface area contributed by atoms with E-state index in [1.165, 1.54) is 5.56 Å². The number of phenols is 1. The van der Waals surface area contributed by atoms with Gasteiger partial charge >= 0.3 is 0 Å². The van der Waals surface area contributed by atoms with Crippen molar-refractivity contribution in [2.24, 2.45) is 5.92 Å². The first-order chi connectivity index (χ1) is 9.58. The Kier molecular flexibility index (Phi) is 8.31. The van der Waals surface area contributed by atoms with E-state index in [0.717, 1.165) is 39.0 Å². The average Bonchev–Trinajstić information content (AvgIpc) is 2.41. The van der Waals surface area contributed by atoms with Crippen molar-refractivity contribution in [3.63, 3.8) is 0 Å². The second-order valence-corrected chi connectivity index (χ2v) is 5.86. The zero-order chi connectivity index (χ0) is 14.8. The molecule has 1 rings (SSSR count). The van der Waals surface area contributed by atoms with Crippen molar-refractivity contribution in [1.29, 1.82) is 0 Å². The van der Waals surface area contributed by atoms with Gasteiger partial charge in [-0.3, -0.25) is 0 Å². The van der Waals surface area contributed by atoms with E-state index in [1.807, 2.05) is 12.1 Å². The SMILES string of the molecule is CC(C)CCOCCNC(C)CCc1ccc(O)cc1. The van der Waals surface area contributed by atoms with Crippen LogP contribution in [0.3, 0.4) is 0 Å². The highest BCUT2D eigenvalue weighted by molar-refractivity contribution is 5.25. The lowest BCUT2D eigenvalue weighted by Gasteiger charge is -2.14. The number of ether oxygens (including phenoxy) is 1. The van der Waals surface area contributed by atoms with Crippen LogP contribution >= 0.6 is 0 Å². The molecule has 0 radical (unpaired) electrons. The van der Waals surface area contributed by atoms with Crippen molar-refractivity contribution >= 4 is 0 Å². The predicted octanol–water partition coefficient (Wildman–Crippen LogP) is 3.37. The first kappa shape index (κ1) is 17.0. The average molecular weight is 279 g/mol. The molecule has 20 heavy (non-hydrogen) atoms. The molecule has 0 fully saturated rings. The number of aryl methyl sites for hydroxylation is 1. The summed E-state index contributed by atoms with van der Waals surface area (Å²) in [4.78, 5) is 0. The van der Waals surface area contributed by atoms with E-state index >= 15 is 0 Å². The number of rotatable bonds is 10. The van der Waals surface area contributed by atoms with Crippen molar-refractivity contribution in [2.75, 3.05) is 19.8 Å². The molecule has 2 N–H and O–H groups in total. The number of phenolic OH excluding ortho intramolecular Hbond substituents is 1. The maximum Gasteiger partial charge on any atom is 0.115 e. The molecule has 0 aromatic heterocycles. The summed E-state index contributed by atoms with van der Waals surface area (Å²) in [6.07, 6.45) is 3.26. The van der Waals surface area contributed by atoms with Crippen LogP contribution in [0, 0.1) is 5.92 Å². The van der Waals surface area contributed by atoms with Crippen LogP contribution in [0.15, 0.2) is 24.3 Å². The molecule has 0 amide bonds. The van der Waals surface area contributed by atoms with E-state index in [0.29, 0.717) is 17.7 Å². The van der Waals surface area contributed by atoms with Gasteiger partial charge in [0.25, 0.3) is 0 Å². The molecule has 0 bridgehead atoms. The van der Waals surface area contributed by atoms with Crippen molar-refractivity contribution in [3.05, 3.63) is 29.8 Å². The van der Waals surface area contributed by atoms with Gasteiger partial charge in [-0.1, -0.05) is 26.0 Å². The highest BCUT2D eigenvalue weighted by atomic mass is 16.5. The first-order valence-corrected chi connectivity index (χ1v) is 7.67. The van der Waals surface area contributed by atoms with Gasteiger partial charge in [-0.2, -0.15) is 0 Å². The fraction of sp³-hybridized carbons (Fsp3) is 0.647. The van der Waals surface area contributed by atoms with Gasteiger partial charge in [-0.25, -0.2) is 0 Å². The highest BCUT2D eigenvalue weighted by Gasteiger charge is 2.02. The normalized spacial score (nSPS) is 12.8. The van der Waals surface area contributed by atoms with Crippen LogP contribution in [-0.2, 0) is 11.2 Å². The Morgan fingerprint density at radius 2 is 1.75 bits per heavy atom.